The van der Waals surface area contributed by atoms with Gasteiger partial charge >= 0.3 is 20.5 Å². The molecule has 0 aromatic heterocycles. The predicted molar refractivity (Wildman–Crippen MR) is 76.2 cm³/mol. The van der Waals surface area contributed by atoms with Gasteiger partial charge in [-0.25, -0.2) is 9.59 Å². The Hall–Kier alpha value is -1.73. The molecular weight excluding hydrogens is 301 g/mol. The van der Waals surface area contributed by atoms with Crippen molar-refractivity contribution < 1.29 is 34.1 Å². The van der Waals surface area contributed by atoms with Crippen molar-refractivity contribution in [3.05, 3.63) is 35.6 Å². The van der Waals surface area contributed by atoms with E-state index in [0.717, 1.165) is 0 Å². The topological polar surface area (TPSA) is 136 Å². The lowest BCUT2D eigenvalue weighted by Crippen LogP contribution is -2.34. The third-order valence-corrected chi connectivity index (χ3v) is 2.77. The number of nitrogens with one attached hydrogen (secondary N) is 1. The van der Waals surface area contributed by atoms with Crippen LogP contribution in [0.5, 0.6) is 0 Å². The lowest BCUT2D eigenvalue weighted by molar-refractivity contribution is -0.133. The van der Waals surface area contributed by atoms with E-state index in [1.165, 1.54) is 12.2 Å². The third kappa shape index (κ3) is 7.01. The van der Waals surface area contributed by atoms with Crippen molar-refractivity contribution in [2.75, 3.05) is 6.61 Å². The van der Waals surface area contributed by atoms with Crippen LogP contribution < -0.4 is 5.32 Å². The van der Waals surface area contributed by atoms with E-state index < -0.39 is 20.5 Å². The highest BCUT2D eigenvalue weighted by Crippen LogP contribution is 2.23. The summed E-state index contributed by atoms with van der Waals surface area (Å²) >= 11 is 0. The molecule has 0 aromatic carbocycles. The molecule has 118 valence electrons. The average molecular weight is 319 g/mol. The summed E-state index contributed by atoms with van der Waals surface area (Å²) in [6, 6.07) is -0.365. The third-order valence-electron chi connectivity index (χ3n) is 2.39. The second-order valence-electron chi connectivity index (χ2n) is 3.95. The molecule has 0 bridgehead atoms. The van der Waals surface area contributed by atoms with Crippen molar-refractivity contribution in [1.29, 1.82) is 0 Å². The van der Waals surface area contributed by atoms with E-state index in [-0.39, 0.29) is 23.8 Å². The SMILES string of the molecule is C=CCOP(O)O.CC1=C(C(=O)O)C=C(C(=O)O)C(C)N1. The van der Waals surface area contributed by atoms with E-state index >= 15 is 0 Å². The molecule has 21 heavy (non-hydrogen) atoms. The fourth-order valence-electron chi connectivity index (χ4n) is 1.46. The van der Waals surface area contributed by atoms with E-state index in [1.807, 2.05) is 0 Å². The van der Waals surface area contributed by atoms with Crippen molar-refractivity contribution in [2.45, 2.75) is 19.9 Å². The number of carboxylic acids is 2. The maximum atomic E-state index is 10.7. The molecule has 1 rings (SSSR count). The number of hydrogen-bond acceptors (Lipinski definition) is 6. The molecule has 0 radical (unpaired) electrons. The van der Waals surface area contributed by atoms with Crippen LogP contribution in [0.2, 0.25) is 0 Å². The molecule has 0 amide bonds. The molecule has 8 nitrogen and oxygen atoms in total. The second kappa shape index (κ2) is 9.25. The van der Waals surface area contributed by atoms with Gasteiger partial charge < -0.3 is 29.8 Å². The van der Waals surface area contributed by atoms with Crippen LogP contribution >= 0.6 is 8.60 Å². The molecular formula is C12H18NO7P. The van der Waals surface area contributed by atoms with Crippen LogP contribution in [0, 0.1) is 0 Å². The molecule has 1 atom stereocenters. The molecule has 0 saturated carbocycles. The quantitative estimate of drug-likeness (QED) is 0.370. The van der Waals surface area contributed by atoms with Crippen LogP contribution in [0.3, 0.4) is 0 Å². The molecule has 1 unspecified atom stereocenters. The Kier molecular flexibility index (Phi) is 8.49. The number of rotatable bonds is 5. The smallest absolute Gasteiger partial charge is 0.337 e. The van der Waals surface area contributed by atoms with Crippen molar-refractivity contribution in [2.24, 2.45) is 0 Å². The van der Waals surface area contributed by atoms with Crippen molar-refractivity contribution in [3.8, 4) is 0 Å². The number of aliphatic carboxylic acids is 2. The lowest BCUT2D eigenvalue weighted by atomic mass is 9.99. The van der Waals surface area contributed by atoms with Crippen LogP contribution in [0.4, 0.5) is 0 Å². The van der Waals surface area contributed by atoms with E-state index in [9.17, 15) is 9.59 Å². The molecule has 1 aliphatic heterocycles. The van der Waals surface area contributed by atoms with Gasteiger partial charge in [0.1, 0.15) is 0 Å². The Morgan fingerprint density at radius 1 is 1.43 bits per heavy atom. The van der Waals surface area contributed by atoms with Gasteiger partial charge in [-0.15, -0.1) is 6.58 Å². The first-order valence-corrected chi connectivity index (χ1v) is 6.94. The summed E-state index contributed by atoms with van der Waals surface area (Å²) in [5.74, 6) is -2.23. The maximum absolute atomic E-state index is 10.7. The van der Waals surface area contributed by atoms with Crippen LogP contribution in [0.25, 0.3) is 0 Å². The first-order chi connectivity index (χ1) is 9.70. The molecule has 9 heteroatoms. The Labute approximate surface area is 123 Å². The van der Waals surface area contributed by atoms with Gasteiger partial charge in [-0.05, 0) is 19.9 Å². The highest BCUT2D eigenvalue weighted by Gasteiger charge is 2.24. The van der Waals surface area contributed by atoms with Crippen molar-refractivity contribution >= 4 is 20.5 Å². The zero-order chi connectivity index (χ0) is 16.6. The van der Waals surface area contributed by atoms with Gasteiger partial charge in [0.25, 0.3) is 0 Å². The molecule has 0 spiro atoms. The minimum absolute atomic E-state index is 0.000463. The minimum Gasteiger partial charge on any atom is -0.478 e. The number of carboxylic acid groups (broad SMARTS) is 2. The Morgan fingerprint density at radius 3 is 2.33 bits per heavy atom. The van der Waals surface area contributed by atoms with Crippen LogP contribution in [-0.4, -0.2) is 44.6 Å². The molecule has 1 aliphatic rings. The largest absolute Gasteiger partial charge is 0.478 e. The standard InChI is InChI=1S/C9H11NO4.C3H7O3P/c1-4-6(8(11)12)3-7(9(13)14)5(2)10-4;1-2-3-6-7(4)5/h3-4,10H,1-2H3,(H,11,12)(H,13,14);2,4-5H,1,3H2. The fourth-order valence-corrected chi connectivity index (χ4v) is 1.70. The molecule has 1 heterocycles. The second-order valence-corrected chi connectivity index (χ2v) is 4.72. The summed E-state index contributed by atoms with van der Waals surface area (Å²) in [5.41, 5.74) is 0.545. The molecule has 0 fully saturated rings. The van der Waals surface area contributed by atoms with Crippen LogP contribution in [-0.2, 0) is 14.1 Å². The van der Waals surface area contributed by atoms with Gasteiger partial charge in [-0.2, -0.15) is 0 Å². The molecule has 0 aromatic rings. The van der Waals surface area contributed by atoms with E-state index in [2.05, 4.69) is 16.4 Å². The summed E-state index contributed by atoms with van der Waals surface area (Å²) in [7, 11) is -2.18. The summed E-state index contributed by atoms with van der Waals surface area (Å²) < 4.78 is 4.25. The predicted octanol–water partition coefficient (Wildman–Crippen LogP) is 0.748. The van der Waals surface area contributed by atoms with E-state index in [1.54, 1.807) is 13.8 Å². The number of dihydropyridines is 1. The van der Waals surface area contributed by atoms with Gasteiger partial charge in [0.05, 0.1) is 23.8 Å². The van der Waals surface area contributed by atoms with Crippen molar-refractivity contribution in [3.63, 3.8) is 0 Å². The minimum atomic E-state index is -2.18. The fraction of sp³-hybridized carbons (Fsp3) is 0.333. The Morgan fingerprint density at radius 2 is 2.00 bits per heavy atom. The van der Waals surface area contributed by atoms with E-state index in [4.69, 9.17) is 20.0 Å². The number of carbonyl (C=O) groups is 2. The summed E-state index contributed by atoms with van der Waals surface area (Å²) in [5, 5.41) is 20.3. The lowest BCUT2D eigenvalue weighted by Gasteiger charge is -2.22. The normalized spacial score (nSPS) is 17.4. The van der Waals surface area contributed by atoms with Crippen molar-refractivity contribution in [1.82, 2.24) is 5.32 Å². The highest BCUT2D eigenvalue weighted by molar-refractivity contribution is 7.39. The summed E-state index contributed by atoms with van der Waals surface area (Å²) in [6.45, 7) is 6.76. The maximum Gasteiger partial charge on any atom is 0.337 e. The van der Waals surface area contributed by atoms with E-state index in [0.29, 0.717) is 5.70 Å². The zero-order valence-corrected chi connectivity index (χ0v) is 12.5. The number of hydrogen-bond donors (Lipinski definition) is 5. The number of allylic oxidation sites excluding steroid dienone is 1. The zero-order valence-electron chi connectivity index (χ0n) is 11.6. The Bertz CT molecular complexity index is 470. The highest BCUT2D eigenvalue weighted by atomic mass is 31.2. The monoisotopic (exact) mass is 319 g/mol. The summed E-state index contributed by atoms with van der Waals surface area (Å²) in [6.07, 6.45) is 2.64. The first kappa shape index (κ1) is 19.3. The van der Waals surface area contributed by atoms with Gasteiger partial charge in [-0.1, -0.05) is 6.08 Å². The molecule has 0 saturated heterocycles. The van der Waals surface area contributed by atoms with Gasteiger partial charge in [-0.3, -0.25) is 0 Å². The first-order valence-electron chi connectivity index (χ1n) is 5.78. The molecule has 5 N–H and O–H groups in total. The van der Waals surface area contributed by atoms with Crippen LogP contribution in [0.15, 0.2) is 35.6 Å². The van der Waals surface area contributed by atoms with Gasteiger partial charge in [0.2, 0.25) is 0 Å². The Balaban J connectivity index is 0.000000486. The molecule has 0 aliphatic carbocycles. The van der Waals surface area contributed by atoms with Gasteiger partial charge in [0.15, 0.2) is 0 Å². The average Bonchev–Trinajstić information content (AvgIpc) is 2.36. The summed E-state index contributed by atoms with van der Waals surface area (Å²) in [4.78, 5) is 37.5. The van der Waals surface area contributed by atoms with Crippen LogP contribution in [0.1, 0.15) is 13.8 Å². The van der Waals surface area contributed by atoms with Gasteiger partial charge in [0, 0.05) is 5.70 Å².